The van der Waals surface area contributed by atoms with Crippen LogP contribution in [-0.4, -0.2) is 23.9 Å². The number of hydrogen-bond acceptors (Lipinski definition) is 12. The molecule has 0 saturated heterocycles. The molecule has 0 fully saturated rings. The molecule has 12 nitrogen and oxygen atoms in total. The minimum atomic E-state index is -0.640. The summed E-state index contributed by atoms with van der Waals surface area (Å²) in [6.07, 6.45) is 8.71. The SMILES string of the molecule is C=C(C)C(=O)O/C=C/Oc1cc(O/C=C/OC(=O)C(=C)C)cc(-c2cc(O/C=C/OC(=O)C(=C)C)cc(O/C=C/OC(=O)C(=C)C)c2)c1. The van der Waals surface area contributed by atoms with Crippen LogP contribution in [-0.2, 0) is 38.1 Å². The topological polar surface area (TPSA) is 142 Å². The van der Waals surface area contributed by atoms with Crippen molar-refractivity contribution in [1.29, 1.82) is 0 Å². The van der Waals surface area contributed by atoms with Crippen LogP contribution in [0.3, 0.4) is 0 Å². The van der Waals surface area contributed by atoms with Gasteiger partial charge in [-0.25, -0.2) is 19.2 Å². The minimum Gasteiger partial charge on any atom is -0.462 e. The first-order valence-corrected chi connectivity index (χ1v) is 13.8. The normalized spacial score (nSPS) is 10.8. The molecule has 0 atom stereocenters. The van der Waals surface area contributed by atoms with Gasteiger partial charge in [0.25, 0.3) is 0 Å². The van der Waals surface area contributed by atoms with E-state index in [4.69, 9.17) is 37.9 Å². The summed E-state index contributed by atoms with van der Waals surface area (Å²) < 4.78 is 42.2. The number of ether oxygens (including phenoxy) is 8. The fourth-order valence-corrected chi connectivity index (χ4v) is 2.94. The molecule has 0 heterocycles. The maximum atomic E-state index is 11.7. The predicted octanol–water partition coefficient (Wildman–Crippen LogP) is 7.23. The summed E-state index contributed by atoms with van der Waals surface area (Å²) in [5.74, 6) is -1.60. The van der Waals surface area contributed by atoms with Crippen molar-refractivity contribution in [3.8, 4) is 34.1 Å². The monoisotopic (exact) mass is 658 g/mol. The van der Waals surface area contributed by atoms with Gasteiger partial charge in [-0.05, 0) is 63.1 Å². The lowest BCUT2D eigenvalue weighted by Gasteiger charge is -2.12. The van der Waals surface area contributed by atoms with E-state index >= 15 is 0 Å². The number of esters is 4. The molecule has 0 amide bonds. The van der Waals surface area contributed by atoms with Gasteiger partial charge in [0.2, 0.25) is 0 Å². The molecular formula is C36H34O12. The molecular weight excluding hydrogens is 624 g/mol. The van der Waals surface area contributed by atoms with Crippen molar-refractivity contribution in [2.75, 3.05) is 0 Å². The maximum absolute atomic E-state index is 11.7. The van der Waals surface area contributed by atoms with Gasteiger partial charge in [0.15, 0.2) is 0 Å². The largest absolute Gasteiger partial charge is 0.462 e. The van der Waals surface area contributed by atoms with E-state index in [1.807, 2.05) is 0 Å². The van der Waals surface area contributed by atoms with Crippen LogP contribution in [0.15, 0.2) is 135 Å². The summed E-state index contributed by atoms with van der Waals surface area (Å²) in [4.78, 5) is 46.7. The lowest BCUT2D eigenvalue weighted by Crippen LogP contribution is -2.00. The van der Waals surface area contributed by atoms with Gasteiger partial charge in [0.1, 0.15) is 73.1 Å². The standard InChI is InChI=1S/C36H34O12/c1-23(2)33(37)45-13-9-41-29-17-27(18-30(21-29)42-10-14-46-34(38)24(3)4)28-19-31(43-11-15-47-35(39)25(5)6)22-32(20-28)44-12-16-48-36(40)26(7)8/h9-22H,1,3,5,7H2,2,4,6,8H3/b13-9+,14-10+,15-11+,16-12+. The van der Waals surface area contributed by atoms with Crippen molar-refractivity contribution in [3.05, 3.63) is 135 Å². The van der Waals surface area contributed by atoms with Crippen LogP contribution in [0.5, 0.6) is 23.0 Å². The summed E-state index contributed by atoms with van der Waals surface area (Å²) in [7, 11) is 0. The van der Waals surface area contributed by atoms with Crippen LogP contribution < -0.4 is 18.9 Å². The van der Waals surface area contributed by atoms with Gasteiger partial charge in [-0.2, -0.15) is 0 Å². The van der Waals surface area contributed by atoms with Crippen LogP contribution in [0.4, 0.5) is 0 Å². The van der Waals surface area contributed by atoms with Crippen molar-refractivity contribution in [2.45, 2.75) is 27.7 Å². The Morgan fingerprint density at radius 2 is 0.604 bits per heavy atom. The molecule has 0 N–H and O–H groups in total. The highest BCUT2D eigenvalue weighted by molar-refractivity contribution is 5.88. The highest BCUT2D eigenvalue weighted by Crippen LogP contribution is 2.35. The van der Waals surface area contributed by atoms with E-state index in [1.54, 1.807) is 24.3 Å². The summed E-state index contributed by atoms with van der Waals surface area (Å²) in [5.41, 5.74) is 1.81. The second kappa shape index (κ2) is 19.1. The third kappa shape index (κ3) is 13.6. The molecule has 2 aromatic carbocycles. The molecule has 250 valence electrons. The number of rotatable bonds is 17. The van der Waals surface area contributed by atoms with E-state index in [1.165, 1.54) is 39.8 Å². The fourth-order valence-electron chi connectivity index (χ4n) is 2.94. The Balaban J connectivity index is 2.49. The van der Waals surface area contributed by atoms with Gasteiger partial charge in [0.05, 0.1) is 0 Å². The molecule has 0 spiro atoms. The molecule has 0 aliphatic rings. The molecule has 0 aliphatic heterocycles. The smallest absolute Gasteiger partial charge is 0.338 e. The lowest BCUT2D eigenvalue weighted by atomic mass is 10.0. The Morgan fingerprint density at radius 3 is 0.792 bits per heavy atom. The number of benzene rings is 2. The zero-order valence-electron chi connectivity index (χ0n) is 26.8. The minimum absolute atomic E-state index is 0.198. The highest BCUT2D eigenvalue weighted by Gasteiger charge is 2.11. The molecule has 0 saturated carbocycles. The van der Waals surface area contributed by atoms with E-state index in [-0.39, 0.29) is 45.3 Å². The second-order valence-electron chi connectivity index (χ2n) is 9.69. The molecule has 48 heavy (non-hydrogen) atoms. The first-order chi connectivity index (χ1) is 22.8. The lowest BCUT2D eigenvalue weighted by molar-refractivity contribution is -0.134. The van der Waals surface area contributed by atoms with E-state index < -0.39 is 23.9 Å². The summed E-state index contributed by atoms with van der Waals surface area (Å²) in [6.45, 7) is 20.0. The Morgan fingerprint density at radius 1 is 0.396 bits per heavy atom. The van der Waals surface area contributed by atoms with Crippen molar-refractivity contribution in [2.24, 2.45) is 0 Å². The summed E-state index contributed by atoms with van der Waals surface area (Å²) in [6, 6.07) is 9.52. The average molecular weight is 659 g/mol. The van der Waals surface area contributed by atoms with Gasteiger partial charge >= 0.3 is 23.9 Å². The Kier molecular flexibility index (Phi) is 14.9. The number of carbonyl (C=O) groups is 4. The van der Waals surface area contributed by atoms with Crippen LogP contribution in [0.2, 0.25) is 0 Å². The van der Waals surface area contributed by atoms with Gasteiger partial charge in [-0.15, -0.1) is 0 Å². The predicted molar refractivity (Wildman–Crippen MR) is 175 cm³/mol. The number of hydrogen-bond donors (Lipinski definition) is 0. The fraction of sp³-hybridized carbons (Fsp3) is 0.111. The summed E-state index contributed by atoms with van der Waals surface area (Å²) >= 11 is 0. The van der Waals surface area contributed by atoms with Gasteiger partial charge in [0, 0.05) is 34.4 Å². The Labute approximate surface area is 277 Å². The third-order valence-corrected chi connectivity index (χ3v) is 5.23. The average Bonchev–Trinajstić information content (AvgIpc) is 3.04. The van der Waals surface area contributed by atoms with Gasteiger partial charge < -0.3 is 37.9 Å². The highest BCUT2D eigenvalue weighted by atomic mass is 16.6. The van der Waals surface area contributed by atoms with E-state index in [0.717, 1.165) is 50.1 Å². The first-order valence-electron chi connectivity index (χ1n) is 13.8. The van der Waals surface area contributed by atoms with Crippen LogP contribution in [0.1, 0.15) is 27.7 Å². The maximum Gasteiger partial charge on any atom is 0.338 e. The third-order valence-electron chi connectivity index (χ3n) is 5.23. The molecule has 0 aliphatic carbocycles. The molecule has 0 unspecified atom stereocenters. The number of carbonyl (C=O) groups excluding carboxylic acids is 4. The molecule has 2 aromatic rings. The quantitative estimate of drug-likeness (QED) is 0.0732. The molecule has 0 bridgehead atoms. The van der Waals surface area contributed by atoms with Crippen molar-refractivity contribution in [3.63, 3.8) is 0 Å². The summed E-state index contributed by atoms with van der Waals surface area (Å²) in [5, 5.41) is 0. The zero-order valence-corrected chi connectivity index (χ0v) is 26.8. The first kappa shape index (κ1) is 37.6. The van der Waals surface area contributed by atoms with Gasteiger partial charge in [-0.3, -0.25) is 0 Å². The second-order valence-corrected chi connectivity index (χ2v) is 9.69. The Hall–Kier alpha value is -6.56. The van der Waals surface area contributed by atoms with Crippen molar-refractivity contribution < 1.29 is 57.1 Å². The van der Waals surface area contributed by atoms with E-state index in [9.17, 15) is 19.2 Å². The molecule has 0 aromatic heterocycles. The van der Waals surface area contributed by atoms with Gasteiger partial charge in [-0.1, -0.05) is 26.3 Å². The van der Waals surface area contributed by atoms with Crippen molar-refractivity contribution >= 4 is 23.9 Å². The van der Waals surface area contributed by atoms with Crippen molar-refractivity contribution in [1.82, 2.24) is 0 Å². The van der Waals surface area contributed by atoms with Crippen LogP contribution in [0, 0.1) is 0 Å². The molecule has 0 radical (unpaired) electrons. The van der Waals surface area contributed by atoms with Crippen LogP contribution >= 0.6 is 0 Å². The zero-order chi connectivity index (χ0) is 35.6. The van der Waals surface area contributed by atoms with E-state index in [2.05, 4.69) is 26.3 Å². The molecule has 12 heteroatoms. The van der Waals surface area contributed by atoms with E-state index in [0.29, 0.717) is 11.1 Å². The van der Waals surface area contributed by atoms with Crippen LogP contribution in [0.25, 0.3) is 11.1 Å². The Bertz CT molecular complexity index is 1460. The molecule has 2 rings (SSSR count).